The molecule has 0 fully saturated rings. The fraction of sp³-hybridized carbons (Fsp3) is 0.462. The van der Waals surface area contributed by atoms with E-state index in [9.17, 15) is 4.79 Å². The summed E-state index contributed by atoms with van der Waals surface area (Å²) in [5.41, 5.74) is 2.07. The third-order valence-electron chi connectivity index (χ3n) is 2.96. The molecule has 1 aromatic rings. The number of amides is 1. The maximum Gasteiger partial charge on any atom is 0.267 e. The van der Waals surface area contributed by atoms with Gasteiger partial charge in [0.2, 0.25) is 0 Å². The number of rotatable bonds is 2. The van der Waals surface area contributed by atoms with Gasteiger partial charge in [0.15, 0.2) is 11.9 Å². The number of likely N-dealkylation sites (N-methyl/N-ethyl adjacent to an activating group) is 1. The van der Waals surface area contributed by atoms with Crippen LogP contribution < -0.4 is 9.64 Å². The number of carbonyl (C=O) groups excluding carboxylic acids is 1. The molecule has 1 amide bonds. The highest BCUT2D eigenvalue weighted by molar-refractivity contribution is 9.10. The van der Waals surface area contributed by atoms with Gasteiger partial charge in [-0.3, -0.25) is 4.79 Å². The van der Waals surface area contributed by atoms with Crippen LogP contribution in [0, 0.1) is 0 Å². The Kier molecular flexibility index (Phi) is 3.43. The van der Waals surface area contributed by atoms with Gasteiger partial charge in [-0.25, -0.2) is 0 Å². The molecule has 0 spiro atoms. The van der Waals surface area contributed by atoms with Gasteiger partial charge < -0.3 is 9.64 Å². The molecular formula is C13H16BrNO2. The summed E-state index contributed by atoms with van der Waals surface area (Å²) in [5, 5.41) is 0. The second-order valence-electron chi connectivity index (χ2n) is 4.33. The molecule has 0 saturated carbocycles. The minimum Gasteiger partial charge on any atom is -0.477 e. The van der Waals surface area contributed by atoms with Crippen molar-refractivity contribution in [1.82, 2.24) is 0 Å². The van der Waals surface area contributed by atoms with Crippen molar-refractivity contribution >= 4 is 27.5 Å². The van der Waals surface area contributed by atoms with Crippen molar-refractivity contribution in [2.24, 2.45) is 0 Å². The van der Waals surface area contributed by atoms with Gasteiger partial charge in [0, 0.05) is 7.05 Å². The van der Waals surface area contributed by atoms with Gasteiger partial charge in [-0.15, -0.1) is 0 Å². The maximum absolute atomic E-state index is 11.9. The molecule has 0 bridgehead atoms. The third kappa shape index (κ3) is 2.18. The summed E-state index contributed by atoms with van der Waals surface area (Å²) in [4.78, 5) is 13.5. The second-order valence-corrected chi connectivity index (χ2v) is 5.19. The van der Waals surface area contributed by atoms with Crippen LogP contribution in [-0.2, 0) is 11.2 Å². The summed E-state index contributed by atoms with van der Waals surface area (Å²) in [7, 11) is 1.79. The molecule has 1 unspecified atom stereocenters. The first-order chi connectivity index (χ1) is 8.04. The molecule has 3 nitrogen and oxygen atoms in total. The molecule has 0 saturated heterocycles. The molecule has 0 aliphatic carbocycles. The summed E-state index contributed by atoms with van der Waals surface area (Å²) in [6.45, 7) is 3.91. The van der Waals surface area contributed by atoms with Gasteiger partial charge in [-0.05, 0) is 47.0 Å². The fourth-order valence-electron chi connectivity index (χ4n) is 2.05. The predicted octanol–water partition coefficient (Wildman–Crippen LogP) is 3.15. The van der Waals surface area contributed by atoms with Crippen LogP contribution in [0.2, 0.25) is 0 Å². The Hall–Kier alpha value is -1.03. The third-order valence-corrected chi connectivity index (χ3v) is 3.55. The van der Waals surface area contributed by atoms with Crippen molar-refractivity contribution in [3.63, 3.8) is 0 Å². The van der Waals surface area contributed by atoms with E-state index in [-0.39, 0.29) is 5.91 Å². The lowest BCUT2D eigenvalue weighted by molar-refractivity contribution is -0.125. The van der Waals surface area contributed by atoms with Crippen molar-refractivity contribution < 1.29 is 9.53 Å². The number of benzene rings is 1. The Morgan fingerprint density at radius 3 is 2.82 bits per heavy atom. The number of nitrogens with zero attached hydrogens (tertiary/aromatic N) is 1. The number of halogens is 1. The summed E-state index contributed by atoms with van der Waals surface area (Å²) < 4.78 is 6.56. The van der Waals surface area contributed by atoms with E-state index in [1.807, 2.05) is 6.07 Å². The number of fused-ring (bicyclic) bond motifs is 1. The van der Waals surface area contributed by atoms with Crippen LogP contribution in [0.3, 0.4) is 0 Å². The molecule has 1 aliphatic heterocycles. The highest BCUT2D eigenvalue weighted by atomic mass is 79.9. The first-order valence-electron chi connectivity index (χ1n) is 5.81. The Bertz CT molecular complexity index is 459. The molecular weight excluding hydrogens is 282 g/mol. The SMILES string of the molecule is CCCc1cc(Br)c2c(c1)N(C)C(=O)C(C)O2. The highest BCUT2D eigenvalue weighted by Gasteiger charge is 2.30. The second kappa shape index (κ2) is 4.69. The Morgan fingerprint density at radius 1 is 1.47 bits per heavy atom. The minimum absolute atomic E-state index is 0.00181. The van der Waals surface area contributed by atoms with Gasteiger partial charge in [0.1, 0.15) is 0 Å². The molecule has 92 valence electrons. The van der Waals surface area contributed by atoms with Crippen LogP contribution >= 0.6 is 15.9 Å². The van der Waals surface area contributed by atoms with Crippen LogP contribution in [0.5, 0.6) is 5.75 Å². The lowest BCUT2D eigenvalue weighted by Gasteiger charge is -2.31. The monoisotopic (exact) mass is 297 g/mol. The quantitative estimate of drug-likeness (QED) is 0.839. The molecule has 1 atom stereocenters. The van der Waals surface area contributed by atoms with Gasteiger partial charge in [-0.2, -0.15) is 0 Å². The van der Waals surface area contributed by atoms with E-state index in [2.05, 4.69) is 28.9 Å². The lowest BCUT2D eigenvalue weighted by Crippen LogP contribution is -2.42. The molecule has 1 heterocycles. The topological polar surface area (TPSA) is 29.5 Å². The molecule has 1 aromatic carbocycles. The molecule has 0 aromatic heterocycles. The smallest absolute Gasteiger partial charge is 0.267 e. The number of carbonyl (C=O) groups is 1. The average molecular weight is 298 g/mol. The summed E-state index contributed by atoms with van der Waals surface area (Å²) in [6.07, 6.45) is 1.67. The number of hydrogen-bond acceptors (Lipinski definition) is 2. The van der Waals surface area contributed by atoms with E-state index in [1.54, 1.807) is 18.9 Å². The fourth-order valence-corrected chi connectivity index (χ4v) is 2.64. The first kappa shape index (κ1) is 12.4. The van der Waals surface area contributed by atoms with Crippen LogP contribution in [0.25, 0.3) is 0 Å². The molecule has 17 heavy (non-hydrogen) atoms. The zero-order valence-corrected chi connectivity index (χ0v) is 11.9. The van der Waals surface area contributed by atoms with E-state index in [4.69, 9.17) is 4.74 Å². The Morgan fingerprint density at radius 2 is 2.18 bits per heavy atom. The van der Waals surface area contributed by atoms with E-state index in [1.165, 1.54) is 5.56 Å². The number of hydrogen-bond donors (Lipinski definition) is 0. The van der Waals surface area contributed by atoms with Crippen LogP contribution in [0.1, 0.15) is 25.8 Å². The van der Waals surface area contributed by atoms with Crippen LogP contribution in [-0.4, -0.2) is 19.1 Å². The van der Waals surface area contributed by atoms with E-state index >= 15 is 0 Å². The molecule has 1 aliphatic rings. The van der Waals surface area contributed by atoms with Crippen LogP contribution in [0.15, 0.2) is 16.6 Å². The zero-order chi connectivity index (χ0) is 12.6. The van der Waals surface area contributed by atoms with Crippen molar-refractivity contribution in [3.05, 3.63) is 22.2 Å². The Labute approximate surface area is 110 Å². The van der Waals surface area contributed by atoms with Crippen molar-refractivity contribution in [1.29, 1.82) is 0 Å². The predicted molar refractivity (Wildman–Crippen MR) is 71.6 cm³/mol. The van der Waals surface area contributed by atoms with Gasteiger partial charge in [0.05, 0.1) is 10.2 Å². The minimum atomic E-state index is -0.416. The molecule has 0 N–H and O–H groups in total. The summed E-state index contributed by atoms with van der Waals surface area (Å²) in [5.74, 6) is 0.762. The van der Waals surface area contributed by atoms with Gasteiger partial charge in [0.25, 0.3) is 5.91 Å². The normalized spacial score (nSPS) is 18.9. The van der Waals surface area contributed by atoms with Crippen molar-refractivity contribution in [2.45, 2.75) is 32.8 Å². The molecule has 4 heteroatoms. The lowest BCUT2D eigenvalue weighted by atomic mass is 10.1. The number of ether oxygens (including phenoxy) is 1. The van der Waals surface area contributed by atoms with Crippen molar-refractivity contribution in [2.75, 3.05) is 11.9 Å². The number of aryl methyl sites for hydroxylation is 1. The van der Waals surface area contributed by atoms with Crippen molar-refractivity contribution in [3.8, 4) is 5.75 Å². The summed E-state index contributed by atoms with van der Waals surface area (Å²) in [6, 6.07) is 4.10. The average Bonchev–Trinajstić information content (AvgIpc) is 2.29. The van der Waals surface area contributed by atoms with E-state index in [0.717, 1.165) is 28.8 Å². The first-order valence-corrected chi connectivity index (χ1v) is 6.60. The van der Waals surface area contributed by atoms with E-state index in [0.29, 0.717) is 0 Å². The Balaban J connectivity index is 2.49. The zero-order valence-electron chi connectivity index (χ0n) is 10.3. The highest BCUT2D eigenvalue weighted by Crippen LogP contribution is 2.40. The summed E-state index contributed by atoms with van der Waals surface area (Å²) >= 11 is 3.51. The van der Waals surface area contributed by atoms with E-state index < -0.39 is 6.10 Å². The number of anilines is 1. The molecule has 2 rings (SSSR count). The van der Waals surface area contributed by atoms with Gasteiger partial charge >= 0.3 is 0 Å². The maximum atomic E-state index is 11.9. The van der Waals surface area contributed by atoms with Crippen LogP contribution in [0.4, 0.5) is 5.69 Å². The largest absolute Gasteiger partial charge is 0.477 e. The molecule has 0 radical (unpaired) electrons. The standard InChI is InChI=1S/C13H16BrNO2/c1-4-5-9-6-10(14)12-11(7-9)15(3)13(16)8(2)17-12/h6-8H,4-5H2,1-3H3. The van der Waals surface area contributed by atoms with Gasteiger partial charge in [-0.1, -0.05) is 13.3 Å².